The Labute approximate surface area is 390 Å². The van der Waals surface area contributed by atoms with Gasteiger partial charge in [0.15, 0.2) is 35.2 Å². The van der Waals surface area contributed by atoms with Crippen LogP contribution in [0.15, 0.2) is 90.0 Å². The number of carbonyl (C=O) groups is 4. The molecule has 0 saturated carbocycles. The molecule has 2 unspecified atom stereocenters. The number of nitrogens with one attached hydrogen (secondary N) is 2. The average Bonchev–Trinajstić information content (AvgIpc) is 3.96. The van der Waals surface area contributed by atoms with Crippen molar-refractivity contribution in [3.05, 3.63) is 106 Å². The van der Waals surface area contributed by atoms with Crippen LogP contribution in [-0.2, 0) is 23.9 Å². The Morgan fingerprint density at radius 3 is 1.33 bits per heavy atom. The standard InChI is InChI=1S/C21H22N2O5S.C11H12N2O2S.C10H12O4.C2H4O2.C2H6O/c1-25-15-9-13(10-16(26-2)19(15)27-3)12-22-23-21(24)20(28-4)18-11-14-7-5-6-8-17(14)29-18;1-15-10(11(14)13-12)9-6-7-4-2-3-5-8(7)16-9;1-12-8-4-7(6-11)5-9(13-2)10(8)14-3;1-2(3)4;1-2-3/h5-12,20H,1-4H3,(H,23,24);2-6,10H,12H2,1H3,(H,13,14);4-6H,1-3H3;1H3,(H,3,4);3H,2H2,1H3/b22-12+;;;;. The van der Waals surface area contributed by atoms with Crippen molar-refractivity contribution < 1.29 is 67.3 Å². The Bertz CT molecular complexity index is 2370. The number of aliphatic carboxylic acids is 1. The van der Waals surface area contributed by atoms with E-state index in [1.807, 2.05) is 60.7 Å². The maximum absolute atomic E-state index is 12.6. The number of carboxylic acid groups (broad SMARTS) is 1. The number of aliphatic hydroxyl groups is 1. The highest BCUT2D eigenvalue weighted by atomic mass is 32.1. The lowest BCUT2D eigenvalue weighted by molar-refractivity contribution is -0.134. The van der Waals surface area contributed by atoms with Gasteiger partial charge in [0, 0.05) is 58.0 Å². The minimum atomic E-state index is -0.833. The molecule has 0 bridgehead atoms. The molecule has 66 heavy (non-hydrogen) atoms. The number of nitrogens with two attached hydrogens (primary N) is 1. The van der Waals surface area contributed by atoms with Crippen molar-refractivity contribution in [2.24, 2.45) is 10.9 Å². The highest BCUT2D eigenvalue weighted by Gasteiger charge is 2.23. The molecule has 0 spiro atoms. The Hall–Kier alpha value is -6.81. The topological polar surface area (TPSA) is 245 Å². The van der Waals surface area contributed by atoms with Crippen molar-refractivity contribution in [3.8, 4) is 34.5 Å². The van der Waals surface area contributed by atoms with Crippen molar-refractivity contribution in [3.63, 3.8) is 0 Å². The molecule has 4 aromatic carbocycles. The largest absolute Gasteiger partial charge is 0.493 e. The van der Waals surface area contributed by atoms with Gasteiger partial charge in [-0.3, -0.25) is 24.6 Å². The summed E-state index contributed by atoms with van der Waals surface area (Å²) in [7, 11) is 12.1. The molecule has 356 valence electrons. The molecule has 2 aromatic heterocycles. The lowest BCUT2D eigenvalue weighted by atomic mass is 10.2. The van der Waals surface area contributed by atoms with Crippen LogP contribution in [0.25, 0.3) is 20.2 Å². The van der Waals surface area contributed by atoms with E-state index in [9.17, 15) is 14.4 Å². The number of aldehydes is 1. The minimum Gasteiger partial charge on any atom is -0.493 e. The van der Waals surface area contributed by atoms with E-state index >= 15 is 0 Å². The predicted molar refractivity (Wildman–Crippen MR) is 255 cm³/mol. The molecule has 20 heteroatoms. The number of methoxy groups -OCH3 is 8. The van der Waals surface area contributed by atoms with Crippen LogP contribution in [0.3, 0.4) is 0 Å². The van der Waals surface area contributed by atoms with Crippen molar-refractivity contribution >= 4 is 73.1 Å². The molecule has 6 aromatic rings. The zero-order valence-electron chi connectivity index (χ0n) is 38.2. The summed E-state index contributed by atoms with van der Waals surface area (Å²) in [5, 5.41) is 21.2. The highest BCUT2D eigenvalue weighted by molar-refractivity contribution is 7.19. The zero-order chi connectivity index (χ0) is 49.2. The summed E-state index contributed by atoms with van der Waals surface area (Å²) in [4.78, 5) is 45.3. The number of hydrazone groups is 1. The number of thiophene rings is 2. The average molecular weight is 953 g/mol. The molecular formula is C46H56N4O14S2. The van der Waals surface area contributed by atoms with E-state index in [4.69, 9.17) is 58.7 Å². The van der Waals surface area contributed by atoms with Gasteiger partial charge in [-0.25, -0.2) is 11.3 Å². The number of hydrazine groups is 1. The Morgan fingerprint density at radius 2 is 1.02 bits per heavy atom. The van der Waals surface area contributed by atoms with Crippen molar-refractivity contribution in [1.82, 2.24) is 10.9 Å². The normalized spacial score (nSPS) is 11.0. The Morgan fingerprint density at radius 1 is 0.652 bits per heavy atom. The Kier molecular flexibility index (Phi) is 24.8. The third-order valence-corrected chi connectivity index (χ3v) is 10.7. The third kappa shape index (κ3) is 16.3. The van der Waals surface area contributed by atoms with Gasteiger partial charge >= 0.3 is 0 Å². The molecule has 0 radical (unpaired) electrons. The maximum atomic E-state index is 12.6. The molecule has 0 aliphatic carbocycles. The van der Waals surface area contributed by atoms with Crippen LogP contribution in [0.4, 0.5) is 0 Å². The summed E-state index contributed by atoms with van der Waals surface area (Å²) in [5.41, 5.74) is 5.79. The van der Waals surface area contributed by atoms with E-state index in [-0.39, 0.29) is 18.4 Å². The number of carboxylic acids is 1. The third-order valence-electron chi connectivity index (χ3n) is 8.39. The number of fused-ring (bicyclic) bond motifs is 2. The van der Waals surface area contributed by atoms with Crippen molar-refractivity contribution in [2.45, 2.75) is 26.1 Å². The van der Waals surface area contributed by atoms with Crippen molar-refractivity contribution in [1.29, 1.82) is 0 Å². The fourth-order valence-electron chi connectivity index (χ4n) is 5.62. The fraction of sp³-hybridized carbons (Fsp3) is 0.283. The van der Waals surface area contributed by atoms with Crippen LogP contribution in [0.2, 0.25) is 0 Å². The second kappa shape index (κ2) is 29.6. The van der Waals surface area contributed by atoms with Crippen molar-refractivity contribution in [2.75, 3.05) is 63.5 Å². The quantitative estimate of drug-likeness (QED) is 0.0230. The van der Waals surface area contributed by atoms with Crippen LogP contribution in [0.5, 0.6) is 34.5 Å². The van der Waals surface area contributed by atoms with Crippen LogP contribution in [0.1, 0.15) is 51.7 Å². The first-order valence-electron chi connectivity index (χ1n) is 19.5. The first kappa shape index (κ1) is 55.3. The smallest absolute Gasteiger partial charge is 0.300 e. The van der Waals surface area contributed by atoms with Gasteiger partial charge in [0.1, 0.15) is 6.29 Å². The monoisotopic (exact) mass is 952 g/mol. The summed E-state index contributed by atoms with van der Waals surface area (Å²) in [6.07, 6.45) is 0.844. The maximum Gasteiger partial charge on any atom is 0.300 e. The molecule has 6 N–H and O–H groups in total. The second-order valence-corrected chi connectivity index (χ2v) is 14.9. The first-order valence-corrected chi connectivity index (χ1v) is 21.1. The van der Waals surface area contributed by atoms with Gasteiger partial charge in [-0.05, 0) is 66.2 Å². The molecule has 0 fully saturated rings. The lowest BCUT2D eigenvalue weighted by Gasteiger charge is -2.13. The van der Waals surface area contributed by atoms with Gasteiger partial charge < -0.3 is 48.1 Å². The van der Waals surface area contributed by atoms with Crippen LogP contribution < -0.4 is 45.1 Å². The van der Waals surface area contributed by atoms with E-state index in [2.05, 4.69) is 16.0 Å². The number of hydrogen-bond donors (Lipinski definition) is 5. The molecule has 0 aliphatic heterocycles. The van der Waals surface area contributed by atoms with Gasteiger partial charge in [0.2, 0.25) is 11.5 Å². The van der Waals surface area contributed by atoms with E-state index < -0.39 is 18.2 Å². The summed E-state index contributed by atoms with van der Waals surface area (Å²) >= 11 is 3.05. The molecular weight excluding hydrogens is 897 g/mol. The fourth-order valence-corrected chi connectivity index (χ4v) is 7.90. The number of nitrogens with zero attached hydrogens (tertiary/aromatic N) is 1. The lowest BCUT2D eigenvalue weighted by Crippen LogP contribution is -2.35. The van der Waals surface area contributed by atoms with Gasteiger partial charge in [-0.2, -0.15) is 5.10 Å². The minimum absolute atomic E-state index is 0.250. The summed E-state index contributed by atoms with van der Waals surface area (Å²) in [5.74, 6) is 6.51. The molecule has 2 atom stereocenters. The number of rotatable bonds is 15. The number of carbonyl (C=O) groups excluding carboxylic acids is 3. The Balaban J connectivity index is 0.000000341. The number of ether oxygens (including phenoxy) is 8. The number of aliphatic hydroxyl groups excluding tert-OH is 1. The number of benzene rings is 4. The summed E-state index contributed by atoms with van der Waals surface area (Å²) in [6.45, 7) is 3.01. The van der Waals surface area contributed by atoms with Gasteiger partial charge in [-0.15, -0.1) is 22.7 Å². The van der Waals surface area contributed by atoms with Gasteiger partial charge in [0.25, 0.3) is 17.8 Å². The number of amides is 2. The van der Waals surface area contributed by atoms with E-state index in [0.717, 1.165) is 43.1 Å². The molecule has 0 aliphatic rings. The number of hydrogen-bond acceptors (Lipinski definition) is 17. The second-order valence-electron chi connectivity index (χ2n) is 12.7. The van der Waals surface area contributed by atoms with E-state index in [1.54, 1.807) is 31.2 Å². The molecule has 0 saturated heterocycles. The van der Waals surface area contributed by atoms with Crippen LogP contribution in [0, 0.1) is 0 Å². The van der Waals surface area contributed by atoms with Crippen LogP contribution >= 0.6 is 22.7 Å². The van der Waals surface area contributed by atoms with Gasteiger partial charge in [0.05, 0.1) is 48.9 Å². The SMILES string of the molecule is CC(=O)O.CCO.COC(C(=O)NN)c1cc2ccccc2s1.COc1cc(/C=N/NC(=O)C(OC)c2cc3ccccc3s2)cc(OC)c1OC.COc1cc(C=O)cc(OC)c1OC. The highest BCUT2D eigenvalue weighted by Crippen LogP contribution is 2.39. The molecule has 18 nitrogen and oxygen atoms in total. The molecule has 6 rings (SSSR count). The molecule has 2 heterocycles. The van der Waals surface area contributed by atoms with Crippen LogP contribution in [-0.4, -0.2) is 104 Å². The predicted octanol–water partition coefficient (Wildman–Crippen LogP) is 6.96. The summed E-state index contributed by atoms with van der Waals surface area (Å²) in [6, 6.07) is 26.4. The van der Waals surface area contributed by atoms with Gasteiger partial charge in [-0.1, -0.05) is 36.4 Å². The van der Waals surface area contributed by atoms with E-state index in [0.29, 0.717) is 45.6 Å². The zero-order valence-corrected chi connectivity index (χ0v) is 39.9. The van der Waals surface area contributed by atoms with E-state index in [1.165, 1.54) is 85.8 Å². The molecule has 2 amide bonds. The first-order chi connectivity index (χ1) is 31.8. The summed E-state index contributed by atoms with van der Waals surface area (Å²) < 4.78 is 43.9.